The van der Waals surface area contributed by atoms with Crippen LogP contribution in [0.2, 0.25) is 0 Å². The summed E-state index contributed by atoms with van der Waals surface area (Å²) in [5.41, 5.74) is 0.0258. The van der Waals surface area contributed by atoms with E-state index >= 15 is 0 Å². The number of piperidine rings is 1. The molecule has 2 aliphatic heterocycles. The Morgan fingerprint density at radius 2 is 2.00 bits per heavy atom. The maximum Gasteiger partial charge on any atom is 0.307 e. The van der Waals surface area contributed by atoms with Crippen molar-refractivity contribution in [1.82, 2.24) is 4.90 Å². The zero-order valence-electron chi connectivity index (χ0n) is 11.5. The highest BCUT2D eigenvalue weighted by Gasteiger charge is 2.59. The predicted octanol–water partition coefficient (Wildman–Crippen LogP) is 1.94. The summed E-state index contributed by atoms with van der Waals surface area (Å²) in [5, 5.41) is 9.55. The standard InChI is InChI=1S/C14H21NO3S2/c16-12(7-10-9-19-5-6-20-10)15-3-1-14(2-4-15)8-11(14)13(17)18/h10-11H,1-9H2,(H,17,18). The highest BCUT2D eigenvalue weighted by molar-refractivity contribution is 8.06. The lowest BCUT2D eigenvalue weighted by molar-refractivity contribution is -0.139. The number of rotatable bonds is 3. The maximum atomic E-state index is 12.3. The lowest BCUT2D eigenvalue weighted by Gasteiger charge is -2.33. The maximum absolute atomic E-state index is 12.3. The Morgan fingerprint density at radius 1 is 1.25 bits per heavy atom. The molecule has 0 radical (unpaired) electrons. The number of carboxylic acid groups (broad SMARTS) is 1. The van der Waals surface area contributed by atoms with E-state index < -0.39 is 5.97 Å². The molecule has 20 heavy (non-hydrogen) atoms. The zero-order chi connectivity index (χ0) is 14.2. The van der Waals surface area contributed by atoms with Crippen LogP contribution in [0.15, 0.2) is 0 Å². The van der Waals surface area contributed by atoms with Crippen molar-refractivity contribution in [3.8, 4) is 0 Å². The second-order valence-electron chi connectivity index (χ2n) is 6.11. The first-order valence-electron chi connectivity index (χ1n) is 7.31. The number of carbonyl (C=O) groups is 2. The largest absolute Gasteiger partial charge is 0.481 e. The third kappa shape index (κ3) is 2.96. The number of nitrogens with zero attached hydrogens (tertiary/aromatic N) is 1. The van der Waals surface area contributed by atoms with Crippen molar-refractivity contribution in [3.05, 3.63) is 0 Å². The fourth-order valence-corrected chi connectivity index (χ4v) is 6.10. The highest BCUT2D eigenvalue weighted by atomic mass is 32.2. The molecule has 0 aromatic rings. The molecule has 2 atom stereocenters. The van der Waals surface area contributed by atoms with Gasteiger partial charge in [0.15, 0.2) is 0 Å². The Hall–Kier alpha value is -0.360. The molecule has 112 valence electrons. The summed E-state index contributed by atoms with van der Waals surface area (Å²) >= 11 is 3.87. The summed E-state index contributed by atoms with van der Waals surface area (Å²) in [6.45, 7) is 1.51. The van der Waals surface area contributed by atoms with Crippen molar-refractivity contribution in [3.63, 3.8) is 0 Å². The fourth-order valence-electron chi connectivity index (χ4n) is 3.43. The van der Waals surface area contributed by atoms with Gasteiger partial charge in [0.1, 0.15) is 0 Å². The lowest BCUT2D eigenvalue weighted by Crippen LogP contribution is -2.41. The number of hydrogen-bond acceptors (Lipinski definition) is 4. The van der Waals surface area contributed by atoms with E-state index in [2.05, 4.69) is 0 Å². The van der Waals surface area contributed by atoms with Gasteiger partial charge in [-0.1, -0.05) is 0 Å². The second kappa shape index (κ2) is 5.79. The molecule has 2 heterocycles. The van der Waals surface area contributed by atoms with Crippen molar-refractivity contribution in [2.24, 2.45) is 11.3 Å². The SMILES string of the molecule is O=C(O)C1CC12CCN(C(=O)CC1CSCCS1)CC2. The molecule has 2 unspecified atom stereocenters. The minimum Gasteiger partial charge on any atom is -0.481 e. The van der Waals surface area contributed by atoms with Gasteiger partial charge in [-0.2, -0.15) is 23.5 Å². The first-order chi connectivity index (χ1) is 9.61. The molecule has 0 bridgehead atoms. The molecule has 1 N–H and O–H groups in total. The van der Waals surface area contributed by atoms with Crippen molar-refractivity contribution < 1.29 is 14.7 Å². The molecule has 1 spiro atoms. The molecule has 0 aromatic carbocycles. The number of aliphatic carboxylic acids is 1. The molecule has 3 rings (SSSR count). The average Bonchev–Trinajstić information content (AvgIpc) is 3.15. The average molecular weight is 315 g/mol. The van der Waals surface area contributed by atoms with Crippen LogP contribution >= 0.6 is 23.5 Å². The van der Waals surface area contributed by atoms with Crippen LogP contribution in [-0.4, -0.2) is 57.5 Å². The third-order valence-corrected chi connectivity index (χ3v) is 7.73. The molecule has 1 aliphatic carbocycles. The Morgan fingerprint density at radius 3 is 2.55 bits per heavy atom. The Kier molecular flexibility index (Phi) is 4.22. The van der Waals surface area contributed by atoms with Gasteiger partial charge in [0, 0.05) is 42.0 Å². The smallest absolute Gasteiger partial charge is 0.307 e. The molecule has 3 fully saturated rings. The first-order valence-corrected chi connectivity index (χ1v) is 9.51. The molecule has 0 aromatic heterocycles. The summed E-state index contributed by atoms with van der Waals surface area (Å²) in [4.78, 5) is 25.3. The van der Waals surface area contributed by atoms with Crippen LogP contribution in [0, 0.1) is 11.3 Å². The van der Waals surface area contributed by atoms with E-state index in [4.69, 9.17) is 5.11 Å². The van der Waals surface area contributed by atoms with Gasteiger partial charge in [0.25, 0.3) is 0 Å². The van der Waals surface area contributed by atoms with Gasteiger partial charge in [-0.3, -0.25) is 9.59 Å². The fraction of sp³-hybridized carbons (Fsp3) is 0.857. The van der Waals surface area contributed by atoms with Gasteiger partial charge in [-0.15, -0.1) is 0 Å². The van der Waals surface area contributed by atoms with Crippen LogP contribution in [0.5, 0.6) is 0 Å². The summed E-state index contributed by atoms with van der Waals surface area (Å²) < 4.78 is 0. The molecule has 1 saturated carbocycles. The van der Waals surface area contributed by atoms with Gasteiger partial charge < -0.3 is 10.0 Å². The van der Waals surface area contributed by atoms with Crippen LogP contribution in [0.25, 0.3) is 0 Å². The first kappa shape index (κ1) is 14.6. The van der Waals surface area contributed by atoms with Crippen LogP contribution in [0.1, 0.15) is 25.7 Å². The van der Waals surface area contributed by atoms with E-state index in [-0.39, 0.29) is 17.2 Å². The van der Waals surface area contributed by atoms with Crippen LogP contribution in [0.4, 0.5) is 0 Å². The van der Waals surface area contributed by atoms with Crippen molar-refractivity contribution >= 4 is 35.4 Å². The zero-order valence-corrected chi connectivity index (χ0v) is 13.2. The highest BCUT2D eigenvalue weighted by Crippen LogP contribution is 2.59. The Balaban J connectivity index is 1.46. The second-order valence-corrected chi connectivity index (χ2v) is 8.67. The summed E-state index contributed by atoms with van der Waals surface area (Å²) in [6.07, 6.45) is 3.23. The number of carboxylic acids is 1. The molecule has 4 nitrogen and oxygen atoms in total. The quantitative estimate of drug-likeness (QED) is 0.862. The van der Waals surface area contributed by atoms with Gasteiger partial charge in [-0.05, 0) is 24.7 Å². The van der Waals surface area contributed by atoms with Crippen molar-refractivity contribution in [1.29, 1.82) is 0 Å². The summed E-state index contributed by atoms with van der Waals surface area (Å²) in [6, 6.07) is 0. The normalized spacial score (nSPS) is 32.1. The molecular weight excluding hydrogens is 294 g/mol. The minimum absolute atomic E-state index is 0.0258. The van der Waals surface area contributed by atoms with Crippen LogP contribution in [0.3, 0.4) is 0 Å². The lowest BCUT2D eigenvalue weighted by atomic mass is 9.90. The van der Waals surface area contributed by atoms with E-state index in [1.165, 1.54) is 5.75 Å². The van der Waals surface area contributed by atoms with Gasteiger partial charge >= 0.3 is 5.97 Å². The predicted molar refractivity (Wildman–Crippen MR) is 82.2 cm³/mol. The molecule has 3 aliphatic rings. The number of carbonyl (C=O) groups excluding carboxylic acids is 1. The number of thioether (sulfide) groups is 2. The minimum atomic E-state index is -0.652. The molecule has 2 saturated heterocycles. The Labute approximate surface area is 128 Å². The van der Waals surface area contributed by atoms with Gasteiger partial charge in [0.05, 0.1) is 5.92 Å². The number of likely N-dealkylation sites (tertiary alicyclic amines) is 1. The number of amides is 1. The van der Waals surface area contributed by atoms with E-state index in [0.717, 1.165) is 43.9 Å². The monoisotopic (exact) mass is 315 g/mol. The van der Waals surface area contributed by atoms with Crippen molar-refractivity contribution in [2.75, 3.05) is 30.3 Å². The van der Waals surface area contributed by atoms with Crippen molar-refractivity contribution in [2.45, 2.75) is 30.9 Å². The van der Waals surface area contributed by atoms with Gasteiger partial charge in [0.2, 0.25) is 5.91 Å². The third-order valence-electron chi connectivity index (χ3n) is 4.89. The van der Waals surface area contributed by atoms with E-state index in [9.17, 15) is 9.59 Å². The summed E-state index contributed by atoms with van der Waals surface area (Å²) in [5.74, 6) is 2.93. The molecule has 6 heteroatoms. The van der Waals surface area contributed by atoms with E-state index in [1.54, 1.807) is 0 Å². The molecule has 1 amide bonds. The van der Waals surface area contributed by atoms with E-state index in [0.29, 0.717) is 11.7 Å². The summed E-state index contributed by atoms with van der Waals surface area (Å²) in [7, 11) is 0. The van der Waals surface area contributed by atoms with Crippen LogP contribution in [-0.2, 0) is 9.59 Å². The Bertz CT molecular complexity index is 401. The molecular formula is C14H21NO3S2. The van der Waals surface area contributed by atoms with Gasteiger partial charge in [-0.25, -0.2) is 0 Å². The number of hydrogen-bond donors (Lipinski definition) is 1. The topological polar surface area (TPSA) is 57.6 Å². The van der Waals surface area contributed by atoms with Crippen LogP contribution < -0.4 is 0 Å². The van der Waals surface area contributed by atoms with E-state index in [1.807, 2.05) is 28.4 Å².